The SMILES string of the molecule is Fc1c(F)c(F)c(C(c2c(F)c(F)c(F)c(F)c2F)(c2c(F)c(F)c(F)c(F)c2F)c2cccc3ccn(OB(On4ccc5cccc(C(c6c(F)c(F)c(F)c(F)c6F)(c6c(F)c(F)c(F)c(F)c6F)c6c(F)c(F)c(F)c(F)c6F)c54)On4ccc5cccc(C(c6c(F)c(F)c(F)c(F)c6F)(c6c(F)c(F)c(F)c(F)c6F)c6c(F)c(F)c(F)c(F)c6F)c54)c23)c(F)c1F. The van der Waals surface area contributed by atoms with E-state index in [4.69, 9.17) is 14.3 Å². The molecule has 15 rings (SSSR count). The van der Waals surface area contributed by atoms with Gasteiger partial charge in [0.25, 0.3) is 0 Å². The van der Waals surface area contributed by atoms with E-state index in [-0.39, 0.29) is 73.2 Å². The van der Waals surface area contributed by atoms with Crippen LogP contribution in [0, 0.1) is 262 Å². The van der Waals surface area contributed by atoms with Crippen LogP contribution in [-0.4, -0.2) is 21.5 Å². The summed E-state index contributed by atoms with van der Waals surface area (Å²) < 4.78 is 760. The first-order chi connectivity index (χ1) is 62.3. The van der Waals surface area contributed by atoms with E-state index in [9.17, 15) is 0 Å². The molecule has 0 saturated carbocycles. The van der Waals surface area contributed by atoms with Gasteiger partial charge in [-0.3, -0.25) is 0 Å². The van der Waals surface area contributed by atoms with E-state index in [0.717, 1.165) is 0 Å². The van der Waals surface area contributed by atoms with Crippen molar-refractivity contribution >= 4 is 40.0 Å². The molecule has 52 heteroatoms. The summed E-state index contributed by atoms with van der Waals surface area (Å²) in [5.74, 6) is -169. The predicted molar refractivity (Wildman–Crippen MR) is 354 cm³/mol. The number of aromatic nitrogens is 3. The van der Waals surface area contributed by atoms with E-state index < -0.39 is 417 Å². The summed E-state index contributed by atoms with van der Waals surface area (Å²) in [6.45, 7) is 0. The lowest BCUT2D eigenvalue weighted by Crippen LogP contribution is -2.49. The van der Waals surface area contributed by atoms with Crippen molar-refractivity contribution in [3.8, 4) is 0 Å². The van der Waals surface area contributed by atoms with Gasteiger partial charge in [-0.05, 0) is 34.9 Å². The second-order valence-corrected chi connectivity index (χ2v) is 27.5. The Morgan fingerprint density at radius 3 is 0.383 bits per heavy atom. The minimum atomic E-state index is -6.02. The molecule has 0 N–H and O–H groups in total. The summed E-state index contributed by atoms with van der Waals surface area (Å²) in [4.78, 5) is 0. The molecule has 0 bridgehead atoms. The maximum absolute atomic E-state index is 17.5. The first kappa shape index (κ1) is 93.3. The fraction of sp³-hybridized carbons (Fsp3) is 0.0370. The monoisotopic (exact) mass is 1940 g/mol. The van der Waals surface area contributed by atoms with Gasteiger partial charge in [-0.2, -0.15) is 0 Å². The molecule has 3 heterocycles. The topological polar surface area (TPSA) is 42.5 Å². The third-order valence-corrected chi connectivity index (χ3v) is 21.1. The quantitative estimate of drug-likeness (QED) is 0.0283. The average Bonchev–Trinajstić information content (AvgIpc) is 1.57. The number of hydrogen-bond donors (Lipinski definition) is 0. The summed E-state index contributed by atoms with van der Waals surface area (Å²) in [7, 11) is -4.44. The van der Waals surface area contributed by atoms with Crippen LogP contribution >= 0.6 is 0 Å². The highest BCUT2D eigenvalue weighted by Gasteiger charge is 2.61. The maximum Gasteiger partial charge on any atom is 0.926 e. The zero-order valence-corrected chi connectivity index (χ0v) is 61.8. The van der Waals surface area contributed by atoms with Gasteiger partial charge >= 0.3 is 7.32 Å². The number of para-hydroxylation sites is 3. The molecule has 15 aromatic rings. The Hall–Kier alpha value is -14.4. The van der Waals surface area contributed by atoms with Crippen molar-refractivity contribution in [2.24, 2.45) is 0 Å². The van der Waals surface area contributed by atoms with Crippen LogP contribution in [-0.2, 0) is 16.2 Å². The summed E-state index contributed by atoms with van der Waals surface area (Å²) in [5.41, 5.74) is -65.4. The second-order valence-electron chi connectivity index (χ2n) is 27.5. The molecule has 0 atom stereocenters. The lowest BCUT2D eigenvalue weighted by Gasteiger charge is -2.38. The molecule has 3 aromatic heterocycles. The van der Waals surface area contributed by atoms with Gasteiger partial charge in [0.1, 0.15) is 0 Å². The fourth-order valence-corrected chi connectivity index (χ4v) is 15.7. The summed E-state index contributed by atoms with van der Waals surface area (Å²) >= 11 is 0. The van der Waals surface area contributed by atoms with Crippen molar-refractivity contribution in [1.82, 2.24) is 14.2 Å². The molecule has 0 amide bonds. The minimum absolute atomic E-state index is 0.0595. The third-order valence-electron chi connectivity index (χ3n) is 21.1. The number of hydrogen-bond acceptors (Lipinski definition) is 3. The molecule has 0 saturated heterocycles. The molecule has 6 nitrogen and oxygen atoms in total. The van der Waals surface area contributed by atoms with Gasteiger partial charge in [-0.25, -0.2) is 212 Å². The van der Waals surface area contributed by atoms with E-state index in [2.05, 4.69) is 0 Å². The highest BCUT2D eigenvalue weighted by atomic mass is 19.2. The molecule has 0 unspecified atom stereocenters. The van der Waals surface area contributed by atoms with E-state index in [1.165, 1.54) is 0 Å². The molecule has 0 aliphatic heterocycles. The molecule has 0 aliphatic carbocycles. The van der Waals surface area contributed by atoms with Gasteiger partial charge in [0, 0.05) is 84.8 Å². The lowest BCUT2D eigenvalue weighted by atomic mass is 9.63. The van der Waals surface area contributed by atoms with Crippen LogP contribution in [0.25, 0.3) is 32.7 Å². The predicted octanol–water partition coefficient (Wildman–Crippen LogP) is 23.6. The van der Waals surface area contributed by atoms with Crippen LogP contribution in [0.2, 0.25) is 0 Å². The molecular formula is C81H15BF45N3O3. The van der Waals surface area contributed by atoms with Gasteiger partial charge < -0.3 is 14.3 Å². The third kappa shape index (κ3) is 12.5. The average molecular weight is 1940 g/mol. The number of benzene rings is 12. The Bertz CT molecular complexity index is 6210. The Morgan fingerprint density at radius 2 is 0.263 bits per heavy atom. The van der Waals surface area contributed by atoms with Gasteiger partial charge in [0.05, 0.1) is 32.8 Å². The van der Waals surface area contributed by atoms with Crippen LogP contribution in [0.3, 0.4) is 0 Å². The van der Waals surface area contributed by atoms with Crippen molar-refractivity contribution in [2.75, 3.05) is 0 Å². The van der Waals surface area contributed by atoms with Gasteiger partial charge in [-0.15, -0.1) is 0 Å². The van der Waals surface area contributed by atoms with Crippen molar-refractivity contribution in [1.29, 1.82) is 0 Å². The van der Waals surface area contributed by atoms with Gasteiger partial charge in [0.15, 0.2) is 209 Å². The van der Waals surface area contributed by atoms with Crippen molar-refractivity contribution < 1.29 is 212 Å². The largest absolute Gasteiger partial charge is 0.926 e. The normalized spacial score (nSPS) is 12.2. The molecule has 0 spiro atoms. The Kier molecular flexibility index (Phi) is 22.6. The molecular weight excluding hydrogens is 1930 g/mol. The highest BCUT2D eigenvalue weighted by molar-refractivity contribution is 6.37. The van der Waals surface area contributed by atoms with Crippen molar-refractivity contribution in [3.63, 3.8) is 0 Å². The molecule has 0 aliphatic rings. The Balaban J connectivity index is 1.16. The smallest absolute Gasteiger partial charge is 0.396 e. The second kappa shape index (κ2) is 32.3. The van der Waals surface area contributed by atoms with E-state index in [0.29, 0.717) is 0 Å². The number of halogens is 45. The lowest BCUT2D eigenvalue weighted by molar-refractivity contribution is 0.0788. The van der Waals surface area contributed by atoms with Crippen LogP contribution < -0.4 is 14.3 Å². The molecule has 0 radical (unpaired) electrons. The molecule has 690 valence electrons. The first-order valence-electron chi connectivity index (χ1n) is 34.8. The zero-order valence-electron chi connectivity index (χ0n) is 61.8. The summed E-state index contributed by atoms with van der Waals surface area (Å²) in [6, 6.07) is 0.108. The van der Waals surface area contributed by atoms with E-state index in [1.807, 2.05) is 0 Å². The molecule has 133 heavy (non-hydrogen) atoms. The van der Waals surface area contributed by atoms with E-state index >= 15 is 198 Å². The Morgan fingerprint density at radius 1 is 0.150 bits per heavy atom. The minimum Gasteiger partial charge on any atom is -0.396 e. The van der Waals surface area contributed by atoms with Crippen molar-refractivity contribution in [3.05, 3.63) is 420 Å². The standard InChI is InChI=1S/C81H15BF45N3O3/c83-31-22(32(84)50(102)67(119)49(31)101)79(23-33(85)51(103)68(120)52(104)34(23)86,24-35(87)53(105)69(121)54(106)36(24)88)19-7-1-4-16-10-13-128(76(16)19)131-82(132-129-14-11-17-5-2-8-20(77(17)129)80(25-37(89)55(107)70(122)56(108)38(25)90,26-39(91)57(109)71(123)58(110)40(26)92)27-41(93)59(111)72(124)60(112)42(27)94)133-130-15-12-18-6-3-9-21(78(18)130)81(28-43(95)61(113)73(125)62(114)44(28)96,29-45(97)63(115)74(126)64(116)46(29)98)30-47(99)65(117)75(127)66(118)48(30)100/h1-15H. The van der Waals surface area contributed by atoms with Crippen molar-refractivity contribution in [2.45, 2.75) is 16.2 Å². The number of nitrogens with zero attached hydrogens (tertiary/aromatic N) is 3. The number of rotatable bonds is 18. The highest BCUT2D eigenvalue weighted by Crippen LogP contribution is 2.60. The maximum atomic E-state index is 17.5. The van der Waals surface area contributed by atoms with Crippen LogP contribution in [0.1, 0.15) is 66.8 Å². The fourth-order valence-electron chi connectivity index (χ4n) is 15.7. The zero-order chi connectivity index (χ0) is 97.9. The van der Waals surface area contributed by atoms with Gasteiger partial charge in [0.2, 0.25) is 52.4 Å². The molecule has 0 fully saturated rings. The number of fused-ring (bicyclic) bond motifs is 3. The van der Waals surface area contributed by atoms with E-state index in [1.54, 1.807) is 0 Å². The van der Waals surface area contributed by atoms with Gasteiger partial charge in [-0.1, -0.05) is 54.6 Å². The molecule has 12 aromatic carbocycles. The van der Waals surface area contributed by atoms with Crippen LogP contribution in [0.5, 0.6) is 0 Å². The van der Waals surface area contributed by atoms with Crippen LogP contribution in [0.4, 0.5) is 198 Å². The first-order valence-corrected chi connectivity index (χ1v) is 34.8. The Labute approximate surface area is 700 Å². The summed E-state index contributed by atoms with van der Waals surface area (Å²) in [5, 5.41) is -4.39. The van der Waals surface area contributed by atoms with Crippen LogP contribution in [0.15, 0.2) is 91.4 Å². The summed E-state index contributed by atoms with van der Waals surface area (Å²) in [6.07, 6.45) is -0.477.